The van der Waals surface area contributed by atoms with Gasteiger partial charge in [0.05, 0.1) is 14.0 Å². The minimum Gasteiger partial charge on any atom is -0.496 e. The van der Waals surface area contributed by atoms with Crippen LogP contribution >= 0.6 is 11.6 Å². The summed E-state index contributed by atoms with van der Waals surface area (Å²) in [6.45, 7) is 0. The topological polar surface area (TPSA) is 55.5 Å². The summed E-state index contributed by atoms with van der Waals surface area (Å²) < 4.78 is 29.0. The number of benzene rings is 3. The number of methoxy groups -OCH3 is 1. The fourth-order valence-electron chi connectivity index (χ4n) is 2.62. The van der Waals surface area contributed by atoms with Crippen LogP contribution in [0.1, 0.15) is 18.6 Å². The van der Waals surface area contributed by atoms with Gasteiger partial charge in [-0.25, -0.2) is 4.39 Å². The lowest BCUT2D eigenvalue weighted by Gasteiger charge is -2.17. The first-order valence-corrected chi connectivity index (χ1v) is 7.93. The fourth-order valence-corrected chi connectivity index (χ4v) is 2.81. The molecule has 0 bridgehead atoms. The maximum absolute atomic E-state index is 15.4. The molecule has 128 valence electrons. The normalized spacial score (nSPS) is 13.8. The lowest BCUT2D eigenvalue weighted by molar-refractivity contribution is 0.215. The third-order valence-electron chi connectivity index (χ3n) is 3.88. The maximum atomic E-state index is 15.4. The Morgan fingerprint density at radius 1 is 1.16 bits per heavy atom. The van der Waals surface area contributed by atoms with Crippen molar-refractivity contribution in [2.45, 2.75) is 6.08 Å². The van der Waals surface area contributed by atoms with Crippen LogP contribution in [-0.2, 0) is 0 Å². The van der Waals surface area contributed by atoms with Crippen LogP contribution in [0.3, 0.4) is 0 Å². The number of ether oxygens (including phenoxy) is 1. The van der Waals surface area contributed by atoms with Gasteiger partial charge in [0, 0.05) is 16.3 Å². The van der Waals surface area contributed by atoms with Gasteiger partial charge in [-0.3, -0.25) is 0 Å². The lowest BCUT2D eigenvalue weighted by Crippen LogP contribution is -2.05. The minimum absolute atomic E-state index is 0.133. The SMILES string of the molecule is [2H]C(O)(c1ccc(N)cc1)c1ccc(OC)c(-c2cccc(Cl)c2)c1F. The average Bonchev–Trinajstić information content (AvgIpc) is 2.61. The van der Waals surface area contributed by atoms with Crippen molar-refractivity contribution in [1.82, 2.24) is 0 Å². The molecule has 1 unspecified atom stereocenters. The predicted molar refractivity (Wildman–Crippen MR) is 98.3 cm³/mol. The van der Waals surface area contributed by atoms with Gasteiger partial charge >= 0.3 is 0 Å². The molecule has 1 atom stereocenters. The molecule has 0 radical (unpaired) electrons. The fraction of sp³-hybridized carbons (Fsp3) is 0.100. The van der Waals surface area contributed by atoms with Gasteiger partial charge < -0.3 is 15.6 Å². The Labute approximate surface area is 151 Å². The Balaban J connectivity index is 2.20. The van der Waals surface area contributed by atoms with Crippen molar-refractivity contribution in [2.24, 2.45) is 0 Å². The number of hydrogen-bond acceptors (Lipinski definition) is 3. The molecule has 3 rings (SSSR count). The summed E-state index contributed by atoms with van der Waals surface area (Å²) in [5, 5.41) is 11.2. The molecule has 0 saturated heterocycles. The quantitative estimate of drug-likeness (QED) is 0.657. The molecule has 0 aliphatic rings. The highest BCUT2D eigenvalue weighted by atomic mass is 35.5. The summed E-state index contributed by atoms with van der Waals surface area (Å²) >= 11 is 6.02. The zero-order valence-electron chi connectivity index (χ0n) is 14.5. The highest BCUT2D eigenvalue weighted by Crippen LogP contribution is 2.38. The van der Waals surface area contributed by atoms with E-state index >= 15 is 4.39 Å². The number of hydrogen-bond donors (Lipinski definition) is 2. The van der Waals surface area contributed by atoms with E-state index in [1.165, 1.54) is 31.4 Å². The first kappa shape index (κ1) is 15.9. The maximum Gasteiger partial charge on any atom is 0.140 e. The first-order valence-electron chi connectivity index (χ1n) is 8.06. The van der Waals surface area contributed by atoms with Crippen LogP contribution in [0.15, 0.2) is 60.7 Å². The molecular weight excluding hydrogens is 341 g/mol. The Hall–Kier alpha value is -2.56. The van der Waals surface area contributed by atoms with Gasteiger partial charge in [0.2, 0.25) is 0 Å². The Morgan fingerprint density at radius 3 is 2.52 bits per heavy atom. The minimum atomic E-state index is -2.29. The van der Waals surface area contributed by atoms with E-state index in [0.29, 0.717) is 16.3 Å². The summed E-state index contributed by atoms with van der Waals surface area (Å²) in [5.74, 6) is -0.470. The Morgan fingerprint density at radius 2 is 1.88 bits per heavy atom. The summed E-state index contributed by atoms with van der Waals surface area (Å²) in [5.41, 5.74) is 6.76. The van der Waals surface area contributed by atoms with Crippen LogP contribution in [0.5, 0.6) is 5.75 Å². The van der Waals surface area contributed by atoms with Crippen molar-refractivity contribution in [1.29, 1.82) is 0 Å². The Bertz CT molecular complexity index is 945. The van der Waals surface area contributed by atoms with Crippen LogP contribution in [0, 0.1) is 5.82 Å². The molecule has 3 aromatic carbocycles. The monoisotopic (exact) mass is 358 g/mol. The second kappa shape index (κ2) is 7.13. The van der Waals surface area contributed by atoms with Crippen LogP contribution in [0.4, 0.5) is 10.1 Å². The summed E-state index contributed by atoms with van der Waals surface area (Å²) in [6.07, 6.45) is -2.29. The van der Waals surface area contributed by atoms with Gasteiger partial charge in [-0.15, -0.1) is 0 Å². The van der Waals surface area contributed by atoms with Crippen molar-refractivity contribution in [3.63, 3.8) is 0 Å². The standard InChI is InChI=1S/C20H17ClFNO2/c1-25-17-10-9-16(20(24)12-5-7-15(23)8-6-12)19(22)18(17)13-3-2-4-14(21)11-13/h2-11,20,24H,23H2,1H3/i20D. The summed E-state index contributed by atoms with van der Waals surface area (Å²) in [4.78, 5) is 0. The zero-order chi connectivity index (χ0) is 18.9. The molecule has 0 fully saturated rings. The van der Waals surface area contributed by atoms with E-state index in [4.69, 9.17) is 23.4 Å². The average molecular weight is 359 g/mol. The number of halogens is 2. The van der Waals surface area contributed by atoms with Crippen molar-refractivity contribution >= 4 is 17.3 Å². The molecule has 0 aliphatic carbocycles. The third kappa shape index (κ3) is 3.45. The molecule has 5 heteroatoms. The number of rotatable bonds is 4. The van der Waals surface area contributed by atoms with Crippen LogP contribution < -0.4 is 10.5 Å². The molecule has 0 saturated carbocycles. The zero-order valence-corrected chi connectivity index (χ0v) is 14.2. The van der Waals surface area contributed by atoms with Crippen LogP contribution in [0.2, 0.25) is 5.02 Å². The largest absolute Gasteiger partial charge is 0.496 e. The van der Waals surface area contributed by atoms with Gasteiger partial charge in [0.15, 0.2) is 0 Å². The molecule has 0 aromatic heterocycles. The van der Waals surface area contributed by atoms with E-state index < -0.39 is 11.9 Å². The highest BCUT2D eigenvalue weighted by molar-refractivity contribution is 6.30. The van der Waals surface area contributed by atoms with E-state index in [2.05, 4.69) is 0 Å². The number of anilines is 1. The molecule has 0 aliphatic heterocycles. The van der Waals surface area contributed by atoms with E-state index in [-0.39, 0.29) is 22.4 Å². The van der Waals surface area contributed by atoms with Crippen molar-refractivity contribution in [3.8, 4) is 16.9 Å². The smallest absolute Gasteiger partial charge is 0.140 e. The number of nitrogens with two attached hydrogens (primary N) is 1. The molecule has 3 aromatic rings. The van der Waals surface area contributed by atoms with E-state index in [1.54, 1.807) is 36.4 Å². The first-order chi connectivity index (χ1) is 12.3. The number of nitrogen functional groups attached to an aromatic ring is 1. The highest BCUT2D eigenvalue weighted by Gasteiger charge is 2.21. The van der Waals surface area contributed by atoms with Gasteiger partial charge in [0.25, 0.3) is 0 Å². The van der Waals surface area contributed by atoms with Gasteiger partial charge in [-0.1, -0.05) is 35.9 Å². The van der Waals surface area contributed by atoms with Gasteiger partial charge in [-0.2, -0.15) is 0 Å². The molecule has 25 heavy (non-hydrogen) atoms. The second-order valence-corrected chi connectivity index (χ2v) is 5.92. The Kier molecular flexibility index (Phi) is 4.55. The van der Waals surface area contributed by atoms with Crippen molar-refractivity contribution in [3.05, 3.63) is 82.6 Å². The molecule has 0 spiro atoms. The van der Waals surface area contributed by atoms with Gasteiger partial charge in [-0.05, 0) is 47.5 Å². The summed E-state index contributed by atoms with van der Waals surface area (Å²) in [7, 11) is 1.43. The van der Waals surface area contributed by atoms with Crippen LogP contribution in [-0.4, -0.2) is 12.2 Å². The van der Waals surface area contributed by atoms with Gasteiger partial charge in [0.1, 0.15) is 17.6 Å². The van der Waals surface area contributed by atoms with Crippen LogP contribution in [0.25, 0.3) is 11.1 Å². The lowest BCUT2D eigenvalue weighted by atomic mass is 9.95. The van der Waals surface area contributed by atoms with Crippen molar-refractivity contribution < 1.29 is 15.6 Å². The molecule has 0 heterocycles. The molecule has 3 N–H and O–H groups in total. The molecule has 0 amide bonds. The van der Waals surface area contributed by atoms with E-state index in [0.717, 1.165) is 0 Å². The molecular formula is C20H17ClFNO2. The molecule has 3 nitrogen and oxygen atoms in total. The number of aliphatic hydroxyl groups is 1. The summed E-state index contributed by atoms with van der Waals surface area (Å²) in [6, 6.07) is 15.6. The third-order valence-corrected chi connectivity index (χ3v) is 4.11. The van der Waals surface area contributed by atoms with Crippen molar-refractivity contribution in [2.75, 3.05) is 12.8 Å². The second-order valence-electron chi connectivity index (χ2n) is 5.49. The van der Waals surface area contributed by atoms with E-state index in [1.807, 2.05) is 0 Å². The van der Waals surface area contributed by atoms with E-state index in [9.17, 15) is 5.11 Å². The predicted octanol–water partition coefficient (Wildman–Crippen LogP) is 4.82.